The largest absolute Gasteiger partial charge is 0.481 e. The molecule has 2 atom stereocenters. The summed E-state index contributed by atoms with van der Waals surface area (Å²) in [5.74, 6) is 4.56. The fourth-order valence-corrected chi connectivity index (χ4v) is 11.1. The van der Waals surface area contributed by atoms with E-state index in [-0.39, 0.29) is 11.8 Å². The highest BCUT2D eigenvalue weighted by molar-refractivity contribution is 5.66. The molecule has 0 bridgehead atoms. The van der Waals surface area contributed by atoms with Gasteiger partial charge in [0.05, 0.1) is 0 Å². The third-order valence-electron chi connectivity index (χ3n) is 20.1. The molecular formula is C84H160O2. The van der Waals surface area contributed by atoms with Gasteiger partial charge < -0.3 is 5.11 Å². The van der Waals surface area contributed by atoms with E-state index in [1.54, 1.807) is 22.3 Å². The molecule has 86 heavy (non-hydrogen) atoms. The van der Waals surface area contributed by atoms with E-state index >= 15 is 0 Å². The van der Waals surface area contributed by atoms with Crippen molar-refractivity contribution >= 4 is 5.97 Å². The van der Waals surface area contributed by atoms with E-state index < -0.39 is 5.97 Å². The summed E-state index contributed by atoms with van der Waals surface area (Å²) in [7, 11) is 0. The van der Waals surface area contributed by atoms with Gasteiger partial charge in [0.1, 0.15) is 0 Å². The molecule has 6 rings (SSSR count). The van der Waals surface area contributed by atoms with E-state index in [2.05, 4.69) is 284 Å². The molecular weight excluding hydrogens is 1040 g/mol. The molecule has 1 N–H and O–H groups in total. The molecule has 2 saturated carbocycles. The number of fused-ring (bicyclic) bond motifs is 2. The van der Waals surface area contributed by atoms with Crippen molar-refractivity contribution in [3.8, 4) is 0 Å². The molecule has 0 aromatic heterocycles. The topological polar surface area (TPSA) is 37.3 Å². The third-order valence-corrected chi connectivity index (χ3v) is 20.1. The first-order valence-corrected chi connectivity index (χ1v) is 35.5. The van der Waals surface area contributed by atoms with Crippen LogP contribution in [0.2, 0.25) is 0 Å². The van der Waals surface area contributed by atoms with Crippen LogP contribution in [0, 0.1) is 89.2 Å². The van der Waals surface area contributed by atoms with Gasteiger partial charge in [0.15, 0.2) is 0 Å². The smallest absolute Gasteiger partial charge is 0.303 e. The summed E-state index contributed by atoms with van der Waals surface area (Å²) in [4.78, 5) is 10.0. The van der Waals surface area contributed by atoms with Crippen molar-refractivity contribution in [1.82, 2.24) is 0 Å². The lowest BCUT2D eigenvalue weighted by molar-refractivity contribution is -0.137. The number of carbonyl (C=O) groups is 1. The molecule has 0 saturated heterocycles. The van der Waals surface area contributed by atoms with Gasteiger partial charge in [-0.25, -0.2) is 0 Å². The van der Waals surface area contributed by atoms with Crippen LogP contribution in [0.15, 0.2) is 48.5 Å². The summed E-state index contributed by atoms with van der Waals surface area (Å²) in [5.41, 5.74) is 11.3. The lowest BCUT2D eigenvalue weighted by atomic mass is 9.71. The quantitative estimate of drug-likeness (QED) is 0.333. The molecule has 508 valence electrons. The SMILES string of the molecule is CC(C)(C)C(C)(C)C.CC(C)(C)C1CCCC1.CC(C)(C)C1CCCCC1.CC(C)(C)C1CCc2ccccc21.CC(C)(C)C1Cc2ccccc2C1.CC(C)(C)CC(C)(C)C.CC(C)(C)CCC(=O)O.CC(C)C(C)(C)C.CCC(C)C(C)(C)C. The van der Waals surface area contributed by atoms with Crippen molar-refractivity contribution in [1.29, 1.82) is 0 Å². The monoisotopic (exact) mass is 1200 g/mol. The number of carboxylic acid groups (broad SMARTS) is 1. The molecule has 4 aliphatic carbocycles. The second-order valence-corrected chi connectivity index (χ2v) is 39.9. The zero-order chi connectivity index (χ0) is 68.5. The van der Waals surface area contributed by atoms with Gasteiger partial charge in [0.2, 0.25) is 0 Å². The molecule has 0 heterocycles. The Bertz CT molecular complexity index is 1990. The van der Waals surface area contributed by atoms with E-state index in [4.69, 9.17) is 5.11 Å². The molecule has 2 heteroatoms. The maximum atomic E-state index is 10.0. The van der Waals surface area contributed by atoms with Gasteiger partial charge in [-0.15, -0.1) is 0 Å². The summed E-state index contributed by atoms with van der Waals surface area (Å²) in [6.45, 7) is 84.5. The van der Waals surface area contributed by atoms with Crippen LogP contribution < -0.4 is 0 Å². The minimum absolute atomic E-state index is 0.151. The minimum atomic E-state index is -0.704. The zero-order valence-corrected chi connectivity index (χ0v) is 66.0. The average molecular weight is 1200 g/mol. The Labute approximate surface area is 544 Å². The van der Waals surface area contributed by atoms with Crippen LogP contribution in [-0.4, -0.2) is 11.1 Å². The Morgan fingerprint density at radius 3 is 0.965 bits per heavy atom. The van der Waals surface area contributed by atoms with Crippen LogP contribution in [-0.2, 0) is 24.1 Å². The van der Waals surface area contributed by atoms with Crippen LogP contribution >= 0.6 is 0 Å². The third kappa shape index (κ3) is 43.6. The van der Waals surface area contributed by atoms with Crippen LogP contribution in [0.25, 0.3) is 0 Å². The molecule has 0 aliphatic heterocycles. The Balaban J connectivity index is -0.000000909. The van der Waals surface area contributed by atoms with E-state index in [0.717, 1.165) is 41.9 Å². The molecule has 2 nitrogen and oxygen atoms in total. The molecule has 2 aromatic rings. The molecule has 2 fully saturated rings. The molecule has 0 amide bonds. The molecule has 0 spiro atoms. The normalized spacial score (nSPS) is 17.5. The lowest BCUT2D eigenvalue weighted by Crippen LogP contribution is -2.25. The van der Waals surface area contributed by atoms with Gasteiger partial charge in [-0.3, -0.25) is 4.79 Å². The van der Waals surface area contributed by atoms with Crippen molar-refractivity contribution in [2.24, 2.45) is 89.2 Å². The second kappa shape index (κ2) is 37.4. The standard InChI is InChI=1S/2C13H18.C10H20.C9H18.C9H20.2C8H18.C7H14O2.C7H16/c1-13(2,3)12-8-10-6-4-5-7-11(10)9-12;1-13(2,3)12-9-8-10-6-4-5-7-11(10)12;1-10(2,3)9-7-5-4-6-8-9;1-9(2,3)8-6-4-5-7-8;1-8(2,3)7-9(4,5)6;1-7(2,3)8(4,5)6;1-6-7(2)8(3,4)5;1-7(2,3)5-4-6(8)9;1-6(2)7(3,4)5/h2*4-7,12H,8-9H2,1-3H3;9H,4-8H2,1-3H3;8H,4-7H2,1-3H3;7H2,1-6H3;1-6H3;7H,6H2,1-5H3;4-5H2,1-3H3,(H,8,9);6H,1-5H3. The highest BCUT2D eigenvalue weighted by atomic mass is 16.4. The highest BCUT2D eigenvalue weighted by Gasteiger charge is 2.33. The van der Waals surface area contributed by atoms with Gasteiger partial charge >= 0.3 is 5.97 Å². The van der Waals surface area contributed by atoms with Crippen molar-refractivity contribution < 1.29 is 9.90 Å². The van der Waals surface area contributed by atoms with Gasteiger partial charge in [-0.1, -0.05) is 343 Å². The van der Waals surface area contributed by atoms with Crippen molar-refractivity contribution in [3.05, 3.63) is 70.8 Å². The molecule has 2 aromatic carbocycles. The summed E-state index contributed by atoms with van der Waals surface area (Å²) in [6.07, 6.45) is 22.1. The molecule has 0 radical (unpaired) electrons. The van der Waals surface area contributed by atoms with Crippen molar-refractivity contribution in [2.75, 3.05) is 0 Å². The highest BCUT2D eigenvalue weighted by Crippen LogP contribution is 2.45. The number of aliphatic carboxylic acids is 1. The number of rotatable bonds is 3. The maximum absolute atomic E-state index is 10.0. The summed E-state index contributed by atoms with van der Waals surface area (Å²) < 4.78 is 0. The number of hydrogen-bond acceptors (Lipinski definition) is 1. The maximum Gasteiger partial charge on any atom is 0.303 e. The zero-order valence-electron chi connectivity index (χ0n) is 66.0. The van der Waals surface area contributed by atoms with E-state index in [1.807, 2.05) is 20.8 Å². The Hall–Kier alpha value is -2.09. The van der Waals surface area contributed by atoms with Crippen molar-refractivity contribution in [2.45, 2.75) is 371 Å². The minimum Gasteiger partial charge on any atom is -0.481 e. The fraction of sp³-hybridized carbons (Fsp3) is 0.845. The van der Waals surface area contributed by atoms with Crippen LogP contribution in [0.4, 0.5) is 0 Å². The first-order valence-electron chi connectivity index (χ1n) is 35.5. The van der Waals surface area contributed by atoms with Crippen molar-refractivity contribution in [3.63, 3.8) is 0 Å². The predicted octanol–water partition coefficient (Wildman–Crippen LogP) is 28.3. The van der Waals surface area contributed by atoms with E-state index in [0.29, 0.717) is 54.1 Å². The number of carboxylic acids is 1. The van der Waals surface area contributed by atoms with E-state index in [1.165, 1.54) is 96.3 Å². The van der Waals surface area contributed by atoms with Gasteiger partial charge in [-0.2, -0.15) is 0 Å². The van der Waals surface area contributed by atoms with Crippen LogP contribution in [0.5, 0.6) is 0 Å². The lowest BCUT2D eigenvalue weighted by Gasteiger charge is -2.34. The number of aryl methyl sites for hydroxylation is 1. The number of hydrogen-bond donors (Lipinski definition) is 1. The molecule has 4 aliphatic rings. The van der Waals surface area contributed by atoms with Crippen LogP contribution in [0.1, 0.15) is 374 Å². The Morgan fingerprint density at radius 2 is 0.756 bits per heavy atom. The summed E-state index contributed by atoms with van der Waals surface area (Å²) in [5, 5.41) is 8.28. The Morgan fingerprint density at radius 1 is 0.430 bits per heavy atom. The van der Waals surface area contributed by atoms with Gasteiger partial charge in [0, 0.05) is 6.42 Å². The second-order valence-electron chi connectivity index (χ2n) is 39.9. The summed E-state index contributed by atoms with van der Waals surface area (Å²) in [6, 6.07) is 17.8. The van der Waals surface area contributed by atoms with E-state index in [9.17, 15) is 4.79 Å². The predicted molar refractivity (Wildman–Crippen MR) is 393 cm³/mol. The Kier molecular flexibility index (Phi) is 38.3. The first-order chi connectivity index (χ1) is 38.2. The molecule has 2 unspecified atom stereocenters. The summed E-state index contributed by atoms with van der Waals surface area (Å²) >= 11 is 0. The van der Waals surface area contributed by atoms with Crippen LogP contribution in [0.3, 0.4) is 0 Å². The fourth-order valence-electron chi connectivity index (χ4n) is 11.1. The number of benzene rings is 2. The van der Waals surface area contributed by atoms with Gasteiger partial charge in [-0.05, 0) is 182 Å². The average Bonchev–Trinajstić information content (AvgIpc) is 4.31. The van der Waals surface area contributed by atoms with Gasteiger partial charge in [0.25, 0.3) is 0 Å². The first kappa shape index (κ1) is 88.1.